The van der Waals surface area contributed by atoms with Crippen molar-refractivity contribution >= 4 is 33.0 Å². The maximum atomic E-state index is 12.9. The summed E-state index contributed by atoms with van der Waals surface area (Å²) in [4.78, 5) is 17.1. The van der Waals surface area contributed by atoms with Gasteiger partial charge in [0.05, 0.1) is 28.9 Å². The lowest BCUT2D eigenvalue weighted by Crippen LogP contribution is -2.35. The van der Waals surface area contributed by atoms with Crippen LogP contribution in [0.3, 0.4) is 0 Å². The topological polar surface area (TPSA) is 88.6 Å². The van der Waals surface area contributed by atoms with Crippen molar-refractivity contribution in [2.45, 2.75) is 31.1 Å². The second-order valence-electron chi connectivity index (χ2n) is 6.02. The molecule has 3 rings (SSSR count). The van der Waals surface area contributed by atoms with Gasteiger partial charge in [-0.1, -0.05) is 6.42 Å². The molecule has 0 spiro atoms. The molecule has 2 heterocycles. The number of methoxy groups -OCH3 is 1. The van der Waals surface area contributed by atoms with Gasteiger partial charge in [-0.25, -0.2) is 13.4 Å². The Labute approximate surface area is 157 Å². The molecule has 26 heavy (non-hydrogen) atoms. The van der Waals surface area contributed by atoms with Crippen LogP contribution in [0.15, 0.2) is 29.3 Å². The number of piperidine rings is 1. The highest BCUT2D eigenvalue weighted by atomic mass is 32.2. The molecule has 0 bridgehead atoms. The van der Waals surface area contributed by atoms with Gasteiger partial charge < -0.3 is 10.1 Å². The number of hydrogen-bond donors (Lipinski definition) is 1. The van der Waals surface area contributed by atoms with Crippen molar-refractivity contribution in [1.29, 1.82) is 0 Å². The molecule has 0 aliphatic carbocycles. The van der Waals surface area contributed by atoms with Gasteiger partial charge in [-0.2, -0.15) is 4.31 Å². The molecule has 0 saturated carbocycles. The Hall–Kier alpha value is -1.97. The molecule has 0 unspecified atom stereocenters. The van der Waals surface area contributed by atoms with E-state index in [1.807, 2.05) is 6.92 Å². The molecule has 1 aromatic heterocycles. The number of nitrogens with zero attached hydrogens (tertiary/aromatic N) is 2. The number of hydrogen-bond acceptors (Lipinski definition) is 6. The minimum Gasteiger partial charge on any atom is -0.495 e. The van der Waals surface area contributed by atoms with E-state index in [4.69, 9.17) is 4.74 Å². The summed E-state index contributed by atoms with van der Waals surface area (Å²) in [6.07, 6.45) is 4.27. The number of carbonyl (C=O) groups excluding carboxylic acids is 1. The summed E-state index contributed by atoms with van der Waals surface area (Å²) in [5.74, 6) is 0.0543. The normalized spacial score (nSPS) is 15.6. The molecule has 1 fully saturated rings. The van der Waals surface area contributed by atoms with Gasteiger partial charge in [-0.15, -0.1) is 11.3 Å². The van der Waals surface area contributed by atoms with Crippen LogP contribution in [-0.4, -0.2) is 43.8 Å². The summed E-state index contributed by atoms with van der Waals surface area (Å²) >= 11 is 1.27. The number of benzene rings is 1. The number of aryl methyl sites for hydroxylation is 1. The Bertz CT molecular complexity index is 902. The molecule has 1 aliphatic heterocycles. The molecule has 1 amide bonds. The third kappa shape index (κ3) is 3.89. The highest BCUT2D eigenvalue weighted by molar-refractivity contribution is 7.89. The highest BCUT2D eigenvalue weighted by Crippen LogP contribution is 2.30. The molecule has 2 aromatic rings. The Kier molecular flexibility index (Phi) is 5.59. The van der Waals surface area contributed by atoms with Gasteiger partial charge in [-0.3, -0.25) is 4.79 Å². The van der Waals surface area contributed by atoms with Crippen LogP contribution in [0.2, 0.25) is 0 Å². The second-order valence-corrected chi connectivity index (χ2v) is 9.20. The number of sulfonamides is 1. The van der Waals surface area contributed by atoms with Crippen LogP contribution >= 0.6 is 11.3 Å². The largest absolute Gasteiger partial charge is 0.495 e. The van der Waals surface area contributed by atoms with E-state index in [1.54, 1.807) is 6.07 Å². The van der Waals surface area contributed by atoms with Gasteiger partial charge in [0.25, 0.3) is 5.91 Å². The van der Waals surface area contributed by atoms with Gasteiger partial charge in [0.2, 0.25) is 10.0 Å². The fraction of sp³-hybridized carbons (Fsp3) is 0.412. The second kappa shape index (κ2) is 7.73. The number of rotatable bonds is 5. The van der Waals surface area contributed by atoms with Crippen LogP contribution in [0.25, 0.3) is 0 Å². The highest BCUT2D eigenvalue weighted by Gasteiger charge is 2.27. The molecule has 1 saturated heterocycles. The van der Waals surface area contributed by atoms with E-state index in [0.29, 0.717) is 29.4 Å². The third-order valence-electron chi connectivity index (χ3n) is 4.22. The molecule has 0 atom stereocenters. The van der Waals surface area contributed by atoms with Crippen molar-refractivity contribution in [3.05, 3.63) is 34.3 Å². The lowest BCUT2D eigenvalue weighted by molar-refractivity contribution is 0.103. The van der Waals surface area contributed by atoms with E-state index >= 15 is 0 Å². The summed E-state index contributed by atoms with van der Waals surface area (Å²) in [5.41, 5.74) is 0.321. The van der Waals surface area contributed by atoms with Crippen LogP contribution < -0.4 is 10.1 Å². The van der Waals surface area contributed by atoms with E-state index in [0.717, 1.165) is 24.3 Å². The van der Waals surface area contributed by atoms with Crippen molar-refractivity contribution in [1.82, 2.24) is 9.29 Å². The van der Waals surface area contributed by atoms with Crippen molar-refractivity contribution in [3.63, 3.8) is 0 Å². The summed E-state index contributed by atoms with van der Waals surface area (Å²) in [6.45, 7) is 2.86. The molecule has 0 radical (unpaired) electrons. The fourth-order valence-corrected chi connectivity index (χ4v) is 5.07. The molecule has 1 N–H and O–H groups in total. The van der Waals surface area contributed by atoms with E-state index < -0.39 is 10.0 Å². The van der Waals surface area contributed by atoms with Gasteiger partial charge in [0, 0.05) is 13.1 Å². The number of carbonyl (C=O) groups is 1. The van der Waals surface area contributed by atoms with Gasteiger partial charge in [-0.05, 0) is 38.0 Å². The van der Waals surface area contributed by atoms with Crippen molar-refractivity contribution in [3.8, 4) is 5.75 Å². The van der Waals surface area contributed by atoms with Crippen LogP contribution in [0.5, 0.6) is 5.75 Å². The average molecular weight is 396 g/mol. The van der Waals surface area contributed by atoms with E-state index in [9.17, 15) is 13.2 Å². The average Bonchev–Trinajstić information content (AvgIpc) is 3.09. The number of anilines is 1. The predicted octanol–water partition coefficient (Wildman–Crippen LogP) is 2.89. The Balaban J connectivity index is 1.90. The maximum Gasteiger partial charge on any atom is 0.267 e. The van der Waals surface area contributed by atoms with Crippen LogP contribution in [-0.2, 0) is 10.0 Å². The number of nitrogens with one attached hydrogen (secondary N) is 1. The molecule has 1 aromatic carbocycles. The zero-order chi connectivity index (χ0) is 18.7. The van der Waals surface area contributed by atoms with Crippen LogP contribution in [0.1, 0.15) is 33.9 Å². The Morgan fingerprint density at radius 1 is 1.27 bits per heavy atom. The third-order valence-corrected chi connectivity index (χ3v) is 7.02. The van der Waals surface area contributed by atoms with E-state index in [2.05, 4.69) is 10.3 Å². The number of amides is 1. The molecule has 140 valence electrons. The smallest absolute Gasteiger partial charge is 0.267 e. The standard InChI is InChI=1S/C17H21N3O4S2/c1-12-18-11-16(25-12)17(21)19-14-10-13(6-7-15(14)24-2)26(22,23)20-8-4-3-5-9-20/h6-7,10-11H,3-5,8-9H2,1-2H3,(H,19,21). The molecule has 7 nitrogen and oxygen atoms in total. The van der Waals surface area contributed by atoms with Crippen LogP contribution in [0.4, 0.5) is 5.69 Å². The van der Waals surface area contributed by atoms with Crippen molar-refractivity contribution < 1.29 is 17.9 Å². The molecular weight excluding hydrogens is 374 g/mol. The van der Waals surface area contributed by atoms with Gasteiger partial charge in [0.15, 0.2) is 0 Å². The summed E-state index contributed by atoms with van der Waals surface area (Å²) in [5, 5.41) is 3.51. The fourth-order valence-electron chi connectivity index (χ4n) is 2.85. The first-order valence-corrected chi connectivity index (χ1v) is 10.6. The molecular formula is C17H21N3O4S2. The lowest BCUT2D eigenvalue weighted by Gasteiger charge is -2.26. The minimum atomic E-state index is -3.59. The number of thiazole rings is 1. The molecule has 9 heteroatoms. The monoisotopic (exact) mass is 395 g/mol. The summed E-state index contributed by atoms with van der Waals surface area (Å²) < 4.78 is 32.5. The first-order chi connectivity index (χ1) is 12.4. The van der Waals surface area contributed by atoms with Crippen molar-refractivity contribution in [2.24, 2.45) is 0 Å². The molecule has 1 aliphatic rings. The lowest BCUT2D eigenvalue weighted by atomic mass is 10.2. The first-order valence-electron chi connectivity index (χ1n) is 8.34. The summed E-state index contributed by atoms with van der Waals surface area (Å²) in [6, 6.07) is 4.52. The van der Waals surface area contributed by atoms with E-state index in [-0.39, 0.29) is 10.8 Å². The summed E-state index contributed by atoms with van der Waals surface area (Å²) in [7, 11) is -2.12. The number of ether oxygens (including phenoxy) is 1. The first kappa shape index (κ1) is 18.8. The minimum absolute atomic E-state index is 0.149. The zero-order valence-corrected chi connectivity index (χ0v) is 16.3. The van der Waals surface area contributed by atoms with Crippen LogP contribution in [0, 0.1) is 6.92 Å². The van der Waals surface area contributed by atoms with E-state index in [1.165, 1.54) is 41.1 Å². The predicted molar refractivity (Wildman–Crippen MR) is 100 cm³/mol. The van der Waals surface area contributed by atoms with Gasteiger partial charge >= 0.3 is 0 Å². The zero-order valence-electron chi connectivity index (χ0n) is 14.7. The quantitative estimate of drug-likeness (QED) is 0.841. The SMILES string of the molecule is COc1ccc(S(=O)(=O)N2CCCCC2)cc1NC(=O)c1cnc(C)s1. The maximum absolute atomic E-state index is 12.9. The Morgan fingerprint density at radius 3 is 2.62 bits per heavy atom. The van der Waals surface area contributed by atoms with Crippen molar-refractivity contribution in [2.75, 3.05) is 25.5 Å². The Morgan fingerprint density at radius 2 is 2.00 bits per heavy atom. The van der Waals surface area contributed by atoms with Gasteiger partial charge in [0.1, 0.15) is 10.6 Å². The number of aromatic nitrogens is 1.